The Balaban J connectivity index is 0.714. The summed E-state index contributed by atoms with van der Waals surface area (Å²) in [6.45, 7) is 12.0. The van der Waals surface area contributed by atoms with Crippen LogP contribution in [0.1, 0.15) is 94.7 Å². The van der Waals surface area contributed by atoms with Crippen molar-refractivity contribution >= 4 is 69.0 Å². The van der Waals surface area contributed by atoms with Gasteiger partial charge in [-0.25, -0.2) is 9.24 Å². The summed E-state index contributed by atoms with van der Waals surface area (Å²) in [6.07, 6.45) is 7.14. The van der Waals surface area contributed by atoms with Gasteiger partial charge in [-0.2, -0.15) is 0 Å². The lowest BCUT2D eigenvalue weighted by Gasteiger charge is -2.56. The van der Waals surface area contributed by atoms with Crippen molar-refractivity contribution in [1.82, 2.24) is 30.6 Å². The average Bonchev–Trinajstić information content (AvgIpc) is 3.81. The number of nitrogens with zero attached hydrogens (tertiary/aromatic N) is 7. The third-order valence-electron chi connectivity index (χ3n) is 13.0. The van der Waals surface area contributed by atoms with E-state index in [-0.39, 0.29) is 53.1 Å². The van der Waals surface area contributed by atoms with E-state index >= 15 is 4.39 Å². The number of nitrogens with one attached hydrogen (secondary N) is 2. The predicted molar refractivity (Wildman–Crippen MR) is 216 cm³/mol. The van der Waals surface area contributed by atoms with E-state index in [1.54, 1.807) is 18.2 Å². The van der Waals surface area contributed by atoms with Crippen LogP contribution in [0.2, 0.25) is 5.02 Å². The van der Waals surface area contributed by atoms with Crippen LogP contribution in [0.5, 0.6) is 5.75 Å². The molecule has 5 aliphatic heterocycles. The van der Waals surface area contributed by atoms with E-state index in [0.717, 1.165) is 93.6 Å². The van der Waals surface area contributed by atoms with Gasteiger partial charge in [-0.3, -0.25) is 34.2 Å². The van der Waals surface area contributed by atoms with E-state index in [0.29, 0.717) is 40.6 Å². The molecular weight excluding hydrogens is 801 g/mol. The molecule has 59 heavy (non-hydrogen) atoms. The molecule has 9 rings (SSSR count). The van der Waals surface area contributed by atoms with Crippen LogP contribution in [0, 0.1) is 17.8 Å². The number of imide groups is 2. The van der Waals surface area contributed by atoms with Crippen molar-refractivity contribution in [3.63, 3.8) is 0 Å². The number of hydrogen-bond acceptors (Lipinski definition) is 12. The molecule has 308 valence electrons. The number of fused-ring (bicyclic) bond motifs is 1. The molecule has 1 unspecified atom stereocenters. The average molecular weight is 844 g/mol. The summed E-state index contributed by atoms with van der Waals surface area (Å²) >= 11 is 7.49. The molecule has 1 aromatic heterocycles. The minimum absolute atomic E-state index is 0.0174. The number of benzene rings is 2. The number of piperidine rings is 3. The molecule has 15 nitrogen and oxygen atoms in total. The first-order valence-electron chi connectivity index (χ1n) is 20.2. The number of amides is 5. The highest BCUT2D eigenvalue weighted by Crippen LogP contribution is 2.45. The van der Waals surface area contributed by atoms with Gasteiger partial charge in [0, 0.05) is 50.1 Å². The van der Waals surface area contributed by atoms with Gasteiger partial charge in [-0.15, -0.1) is 10.2 Å². The molecule has 1 spiro atoms. The minimum atomic E-state index is -1.10. The first-order chi connectivity index (χ1) is 28.5. The number of aromatic nitrogens is 2. The van der Waals surface area contributed by atoms with Crippen molar-refractivity contribution in [2.45, 2.75) is 88.4 Å². The number of carbonyl (C=O) groups excluding carboxylic acids is 5. The largest absolute Gasteiger partial charge is 0.490 e. The second-order valence-electron chi connectivity index (χ2n) is 16.6. The number of ether oxygens (including phenoxy) is 1. The van der Waals surface area contributed by atoms with Crippen molar-refractivity contribution in [3.8, 4) is 5.75 Å². The zero-order chi connectivity index (χ0) is 41.0. The lowest BCUT2D eigenvalue weighted by Crippen LogP contribution is -2.62. The summed E-state index contributed by atoms with van der Waals surface area (Å²) in [4.78, 5) is 74.6. The van der Waals surface area contributed by atoms with Crippen molar-refractivity contribution in [3.05, 3.63) is 68.7 Å². The Morgan fingerprint density at radius 2 is 1.64 bits per heavy atom. The summed E-state index contributed by atoms with van der Waals surface area (Å²) in [5.41, 5.74) is 0.765. The van der Waals surface area contributed by atoms with Crippen LogP contribution in [0.15, 0.2) is 30.3 Å². The lowest BCUT2D eigenvalue weighted by molar-refractivity contribution is -0.136. The molecular formula is C41H43ClFN9O6S. The van der Waals surface area contributed by atoms with E-state index in [2.05, 4.69) is 35.5 Å². The topological polar surface area (TPSA) is 162 Å². The fourth-order valence-electron chi connectivity index (χ4n) is 9.61. The number of hydrogen-bond donors (Lipinski definition) is 2. The third-order valence-corrected chi connectivity index (χ3v) is 14.3. The van der Waals surface area contributed by atoms with Gasteiger partial charge in [0.1, 0.15) is 17.6 Å². The molecule has 5 fully saturated rings. The normalized spacial score (nSPS) is 24.8. The van der Waals surface area contributed by atoms with Crippen LogP contribution < -0.4 is 25.2 Å². The predicted octanol–water partition coefficient (Wildman–Crippen LogP) is 4.97. The molecule has 0 bridgehead atoms. The van der Waals surface area contributed by atoms with Crippen LogP contribution in [-0.4, -0.2) is 113 Å². The van der Waals surface area contributed by atoms with Gasteiger partial charge in [-0.05, 0) is 95.1 Å². The van der Waals surface area contributed by atoms with E-state index in [9.17, 15) is 24.0 Å². The van der Waals surface area contributed by atoms with Crippen LogP contribution in [0.3, 0.4) is 0 Å². The van der Waals surface area contributed by atoms with Crippen LogP contribution in [0.25, 0.3) is 4.85 Å². The highest BCUT2D eigenvalue weighted by molar-refractivity contribution is 7.17. The summed E-state index contributed by atoms with van der Waals surface area (Å²) in [5, 5.41) is 15.4. The molecule has 0 radical (unpaired) electrons. The van der Waals surface area contributed by atoms with E-state index in [1.165, 1.54) is 17.4 Å². The molecule has 1 saturated carbocycles. The Labute approximate surface area is 349 Å². The molecule has 2 N–H and O–H groups in total. The Morgan fingerprint density at radius 1 is 0.932 bits per heavy atom. The zero-order valence-electron chi connectivity index (χ0n) is 32.3. The first-order valence-corrected chi connectivity index (χ1v) is 21.4. The Hall–Kier alpha value is -5.18. The molecule has 1 aliphatic carbocycles. The molecule has 6 heterocycles. The SMILES string of the molecule is [C-]#[N+]c1ccc(OC2CCC(NC(=O)c3nnc(N4CCC(N5CCC6(CC5)CN(c5cc7c(cc5F)C(=O)N(C5CCC(=O)NC5=O)C7=O)C6)CC4)s3)CC2)cc1Cl. The van der Waals surface area contributed by atoms with Gasteiger partial charge in [0.15, 0.2) is 0 Å². The monoisotopic (exact) mass is 843 g/mol. The number of anilines is 2. The molecule has 1 atom stereocenters. The molecule has 18 heteroatoms. The van der Waals surface area contributed by atoms with Crippen LogP contribution >= 0.6 is 22.9 Å². The van der Waals surface area contributed by atoms with Gasteiger partial charge in [0.05, 0.1) is 34.5 Å². The van der Waals surface area contributed by atoms with Gasteiger partial charge < -0.3 is 24.8 Å². The smallest absolute Gasteiger partial charge is 0.282 e. The summed E-state index contributed by atoms with van der Waals surface area (Å²) in [7, 11) is 0. The van der Waals surface area contributed by atoms with Crippen molar-refractivity contribution in [2.75, 3.05) is 49.1 Å². The Bertz CT molecular complexity index is 2250. The molecule has 3 aromatic rings. The second-order valence-corrected chi connectivity index (χ2v) is 17.9. The zero-order valence-corrected chi connectivity index (χ0v) is 33.8. The lowest BCUT2D eigenvalue weighted by atomic mass is 9.71. The maximum absolute atomic E-state index is 15.5. The van der Waals surface area contributed by atoms with Gasteiger partial charge >= 0.3 is 0 Å². The number of likely N-dealkylation sites (tertiary alicyclic amines) is 1. The number of rotatable bonds is 8. The number of halogens is 2. The van der Waals surface area contributed by atoms with E-state index < -0.39 is 35.5 Å². The van der Waals surface area contributed by atoms with Crippen LogP contribution in [-0.2, 0) is 9.59 Å². The molecule has 5 amide bonds. The summed E-state index contributed by atoms with van der Waals surface area (Å²) in [5.74, 6) is -2.64. The third kappa shape index (κ3) is 7.62. The van der Waals surface area contributed by atoms with Crippen molar-refractivity contribution in [2.24, 2.45) is 5.41 Å². The molecule has 4 saturated heterocycles. The van der Waals surface area contributed by atoms with E-state index in [4.69, 9.17) is 22.9 Å². The highest BCUT2D eigenvalue weighted by atomic mass is 35.5. The van der Waals surface area contributed by atoms with Crippen LogP contribution in [0.4, 0.5) is 20.9 Å². The minimum Gasteiger partial charge on any atom is -0.490 e. The standard InChI is InChI=1S/C41H43ClFN9O6S/c1-44-31-7-6-26(18-29(31)42)58-25-4-2-23(3-5-25)45-36(55)37-47-48-40(59-37)50-14-10-24(11-15-50)49-16-12-41(13-17-49)21-51(22-41)33-20-28-27(19-30(33)43)38(56)52(39(28)57)32-8-9-34(53)46-35(32)54/h6-7,18-20,23-25,32H,2-5,8-17,21-22H2,(H,45,55)(H,46,53,54). The van der Waals surface area contributed by atoms with Crippen molar-refractivity contribution < 1.29 is 33.1 Å². The maximum atomic E-state index is 15.5. The fraction of sp³-hybridized carbons (Fsp3) is 0.512. The fourth-order valence-corrected chi connectivity index (χ4v) is 10.6. The van der Waals surface area contributed by atoms with Gasteiger partial charge in [-0.1, -0.05) is 29.0 Å². The molecule has 2 aromatic carbocycles. The van der Waals surface area contributed by atoms with Gasteiger partial charge in [0.2, 0.25) is 27.6 Å². The maximum Gasteiger partial charge on any atom is 0.282 e. The van der Waals surface area contributed by atoms with E-state index in [1.807, 2.05) is 4.90 Å². The second kappa shape index (κ2) is 15.8. The van der Waals surface area contributed by atoms with Crippen molar-refractivity contribution in [1.29, 1.82) is 0 Å². The molecule has 6 aliphatic rings. The number of carbonyl (C=O) groups is 5. The summed E-state index contributed by atoms with van der Waals surface area (Å²) < 4.78 is 21.6. The summed E-state index contributed by atoms with van der Waals surface area (Å²) in [6, 6.07) is 7.03. The van der Waals surface area contributed by atoms with Gasteiger partial charge in [0.25, 0.3) is 17.7 Å². The highest BCUT2D eigenvalue weighted by Gasteiger charge is 2.49. The quantitative estimate of drug-likeness (QED) is 0.233. The Kier molecular flexibility index (Phi) is 10.5. The Morgan fingerprint density at radius 3 is 2.32 bits per heavy atom. The first kappa shape index (κ1) is 39.3.